The molecule has 0 aromatic carbocycles. The molecule has 0 heterocycles. The van der Waals surface area contributed by atoms with E-state index in [9.17, 15) is 4.79 Å². The molecule has 0 bridgehead atoms. The highest BCUT2D eigenvalue weighted by atomic mass is 16.1. The molecule has 2 nitrogen and oxygen atoms in total. The second kappa shape index (κ2) is 5.16. The van der Waals surface area contributed by atoms with Crippen molar-refractivity contribution in [3.8, 4) is 0 Å². The van der Waals surface area contributed by atoms with Crippen molar-refractivity contribution in [2.24, 2.45) is 17.6 Å². The van der Waals surface area contributed by atoms with Crippen molar-refractivity contribution in [1.82, 2.24) is 0 Å². The highest BCUT2D eigenvalue weighted by Crippen LogP contribution is 2.17. The topological polar surface area (TPSA) is 43.1 Å². The summed E-state index contributed by atoms with van der Waals surface area (Å²) in [6.45, 7) is 6.45. The number of carbonyl (C=O) groups excluding carboxylic acids is 1. The van der Waals surface area contributed by atoms with Gasteiger partial charge in [-0.15, -0.1) is 0 Å². The first-order chi connectivity index (χ1) is 5.06. The van der Waals surface area contributed by atoms with Crippen molar-refractivity contribution in [2.75, 3.05) is 0 Å². The Morgan fingerprint density at radius 1 is 1.45 bits per heavy atom. The lowest BCUT2D eigenvalue weighted by atomic mass is 9.92. The van der Waals surface area contributed by atoms with Crippen LogP contribution in [-0.2, 0) is 4.79 Å². The molecule has 2 N–H and O–H groups in total. The molecule has 0 rings (SSSR count). The first-order valence-electron chi connectivity index (χ1n) is 4.34. The first-order valence-corrected chi connectivity index (χ1v) is 4.34. The Labute approximate surface area is 69.2 Å². The molecule has 2 heteroatoms. The third-order valence-corrected chi connectivity index (χ3v) is 1.87. The van der Waals surface area contributed by atoms with Crippen LogP contribution in [0.1, 0.15) is 40.0 Å². The molecule has 0 aromatic rings. The average molecular weight is 157 g/mol. The smallest absolute Gasteiger partial charge is 0.217 e. The quantitative estimate of drug-likeness (QED) is 0.651. The third kappa shape index (κ3) is 5.89. The molecule has 0 aliphatic heterocycles. The highest BCUT2D eigenvalue weighted by Gasteiger charge is 2.10. The Morgan fingerprint density at radius 3 is 2.27 bits per heavy atom. The van der Waals surface area contributed by atoms with Gasteiger partial charge in [0.05, 0.1) is 0 Å². The summed E-state index contributed by atoms with van der Waals surface area (Å²) in [5.74, 6) is 0.990. The summed E-state index contributed by atoms with van der Waals surface area (Å²) in [6.07, 6.45) is 2.72. The number of amides is 1. The third-order valence-electron chi connectivity index (χ3n) is 1.87. The zero-order valence-electron chi connectivity index (χ0n) is 7.76. The summed E-state index contributed by atoms with van der Waals surface area (Å²) in [7, 11) is 0. The maximum absolute atomic E-state index is 10.6. The fourth-order valence-corrected chi connectivity index (χ4v) is 1.35. The standard InChI is InChI=1S/C9H19NO/c1-4-8(5-7(2)3)6-9(10)11/h7-8H,4-6H2,1-3H3,(H2,10,11). The molecule has 0 saturated heterocycles. The van der Waals surface area contributed by atoms with Gasteiger partial charge in [-0.25, -0.2) is 0 Å². The SMILES string of the molecule is CCC(CC(N)=O)CC(C)C. The molecule has 1 atom stereocenters. The van der Waals surface area contributed by atoms with Gasteiger partial charge in [0.15, 0.2) is 0 Å². The molecular weight excluding hydrogens is 138 g/mol. The molecule has 0 spiro atoms. The van der Waals surface area contributed by atoms with Crippen LogP contribution in [0, 0.1) is 11.8 Å². The van der Waals surface area contributed by atoms with E-state index in [-0.39, 0.29) is 5.91 Å². The number of hydrogen-bond donors (Lipinski definition) is 1. The van der Waals surface area contributed by atoms with Gasteiger partial charge < -0.3 is 5.73 Å². The van der Waals surface area contributed by atoms with Crippen molar-refractivity contribution in [3.63, 3.8) is 0 Å². The van der Waals surface area contributed by atoms with Crippen LogP contribution in [0.4, 0.5) is 0 Å². The lowest BCUT2D eigenvalue weighted by molar-refractivity contribution is -0.119. The van der Waals surface area contributed by atoms with E-state index in [1.807, 2.05) is 0 Å². The van der Waals surface area contributed by atoms with Gasteiger partial charge in [-0.2, -0.15) is 0 Å². The summed E-state index contributed by atoms with van der Waals surface area (Å²) in [6, 6.07) is 0. The predicted molar refractivity (Wildman–Crippen MR) is 47.0 cm³/mol. The molecule has 0 aromatic heterocycles. The Balaban J connectivity index is 3.66. The predicted octanol–water partition coefficient (Wildman–Crippen LogP) is 1.93. The molecular formula is C9H19NO. The van der Waals surface area contributed by atoms with Crippen LogP contribution in [0.15, 0.2) is 0 Å². The molecule has 0 aliphatic rings. The highest BCUT2D eigenvalue weighted by molar-refractivity contribution is 5.73. The van der Waals surface area contributed by atoms with Crippen LogP contribution < -0.4 is 5.73 Å². The van der Waals surface area contributed by atoms with Crippen LogP contribution in [0.2, 0.25) is 0 Å². The maximum atomic E-state index is 10.6. The first kappa shape index (κ1) is 10.5. The van der Waals surface area contributed by atoms with E-state index in [4.69, 9.17) is 5.73 Å². The zero-order valence-corrected chi connectivity index (χ0v) is 7.76. The van der Waals surface area contributed by atoms with E-state index < -0.39 is 0 Å². The lowest BCUT2D eigenvalue weighted by Gasteiger charge is -2.14. The fourth-order valence-electron chi connectivity index (χ4n) is 1.35. The van der Waals surface area contributed by atoms with Gasteiger partial charge in [0.25, 0.3) is 0 Å². The molecule has 0 saturated carbocycles. The number of nitrogens with two attached hydrogens (primary N) is 1. The molecule has 0 fully saturated rings. The second-order valence-corrected chi connectivity index (χ2v) is 3.57. The zero-order chi connectivity index (χ0) is 8.85. The van der Waals surface area contributed by atoms with Crippen LogP contribution in [0.5, 0.6) is 0 Å². The van der Waals surface area contributed by atoms with E-state index in [1.165, 1.54) is 0 Å². The van der Waals surface area contributed by atoms with E-state index in [0.29, 0.717) is 18.3 Å². The van der Waals surface area contributed by atoms with Gasteiger partial charge in [0.2, 0.25) is 5.91 Å². The minimum atomic E-state index is -0.169. The van der Waals surface area contributed by atoms with Crippen molar-refractivity contribution < 1.29 is 4.79 Å². The van der Waals surface area contributed by atoms with Gasteiger partial charge in [-0.05, 0) is 18.3 Å². The lowest BCUT2D eigenvalue weighted by Crippen LogP contribution is -2.17. The summed E-state index contributed by atoms with van der Waals surface area (Å²) < 4.78 is 0. The Hall–Kier alpha value is -0.530. The number of primary amides is 1. The average Bonchev–Trinajstić information content (AvgIpc) is 1.84. The minimum Gasteiger partial charge on any atom is -0.370 e. The van der Waals surface area contributed by atoms with Crippen LogP contribution in [0.25, 0.3) is 0 Å². The molecule has 1 amide bonds. The Bertz CT molecular complexity index is 121. The summed E-state index contributed by atoms with van der Waals surface area (Å²) in [4.78, 5) is 10.6. The van der Waals surface area contributed by atoms with Gasteiger partial charge in [0.1, 0.15) is 0 Å². The monoisotopic (exact) mass is 157 g/mol. The normalized spacial score (nSPS) is 13.5. The van der Waals surface area contributed by atoms with E-state index in [1.54, 1.807) is 0 Å². The van der Waals surface area contributed by atoms with Crippen LogP contribution >= 0.6 is 0 Å². The van der Waals surface area contributed by atoms with Crippen molar-refractivity contribution >= 4 is 5.91 Å². The van der Waals surface area contributed by atoms with Crippen molar-refractivity contribution in [2.45, 2.75) is 40.0 Å². The van der Waals surface area contributed by atoms with E-state index in [2.05, 4.69) is 20.8 Å². The second-order valence-electron chi connectivity index (χ2n) is 3.57. The minimum absolute atomic E-state index is 0.169. The van der Waals surface area contributed by atoms with E-state index in [0.717, 1.165) is 12.8 Å². The van der Waals surface area contributed by atoms with Crippen LogP contribution in [0.3, 0.4) is 0 Å². The summed E-state index contributed by atoms with van der Waals surface area (Å²) in [5, 5.41) is 0. The van der Waals surface area contributed by atoms with Gasteiger partial charge in [-0.3, -0.25) is 4.79 Å². The Morgan fingerprint density at radius 2 is 2.00 bits per heavy atom. The fraction of sp³-hybridized carbons (Fsp3) is 0.889. The number of rotatable bonds is 5. The van der Waals surface area contributed by atoms with Gasteiger partial charge in [-0.1, -0.05) is 27.2 Å². The largest absolute Gasteiger partial charge is 0.370 e. The summed E-state index contributed by atoms with van der Waals surface area (Å²) >= 11 is 0. The molecule has 1 unspecified atom stereocenters. The maximum Gasteiger partial charge on any atom is 0.217 e. The van der Waals surface area contributed by atoms with Crippen molar-refractivity contribution in [3.05, 3.63) is 0 Å². The molecule has 11 heavy (non-hydrogen) atoms. The van der Waals surface area contributed by atoms with Gasteiger partial charge in [0, 0.05) is 6.42 Å². The van der Waals surface area contributed by atoms with Gasteiger partial charge >= 0.3 is 0 Å². The van der Waals surface area contributed by atoms with Crippen LogP contribution in [-0.4, -0.2) is 5.91 Å². The number of carbonyl (C=O) groups is 1. The molecule has 0 radical (unpaired) electrons. The van der Waals surface area contributed by atoms with Crippen molar-refractivity contribution in [1.29, 1.82) is 0 Å². The molecule has 66 valence electrons. The summed E-state index contributed by atoms with van der Waals surface area (Å²) in [5.41, 5.74) is 5.11. The Kier molecular flexibility index (Phi) is 4.92. The number of hydrogen-bond acceptors (Lipinski definition) is 1. The van der Waals surface area contributed by atoms with E-state index >= 15 is 0 Å². The molecule has 0 aliphatic carbocycles.